The second-order valence-corrected chi connectivity index (χ2v) is 7.00. The molecule has 0 aliphatic carbocycles. The number of benzene rings is 2. The van der Waals surface area contributed by atoms with Crippen LogP contribution in [-0.4, -0.2) is 17.9 Å². The highest BCUT2D eigenvalue weighted by Gasteiger charge is 2.20. The lowest BCUT2D eigenvalue weighted by Gasteiger charge is -2.16. The number of hydrogen-bond acceptors (Lipinski definition) is 3. The zero-order chi connectivity index (χ0) is 17.6. The normalized spacial score (nSPS) is 11.2. The molecule has 0 spiro atoms. The molecule has 124 valence electrons. The zero-order valence-electron chi connectivity index (χ0n) is 13.2. The van der Waals surface area contributed by atoms with Crippen molar-refractivity contribution in [3.05, 3.63) is 70.4 Å². The number of amides is 1. The second-order valence-electron chi connectivity index (χ2n) is 5.59. The highest BCUT2D eigenvalue weighted by molar-refractivity contribution is 7.22. The third kappa shape index (κ3) is 2.65. The summed E-state index contributed by atoms with van der Waals surface area (Å²) in [6.07, 6.45) is 0. The number of carbonyl (C=O) groups excluding carboxylic acids is 1. The maximum Gasteiger partial charge on any atom is 0.268 e. The van der Waals surface area contributed by atoms with Crippen molar-refractivity contribution in [2.24, 2.45) is 0 Å². The monoisotopic (exact) mass is 370 g/mol. The summed E-state index contributed by atoms with van der Waals surface area (Å²) in [4.78, 5) is 19.0. The number of thiophene rings is 1. The van der Waals surface area contributed by atoms with E-state index in [-0.39, 0.29) is 11.6 Å². The van der Waals surface area contributed by atoms with Gasteiger partial charge in [0, 0.05) is 22.5 Å². The van der Waals surface area contributed by atoms with Crippen LogP contribution in [0.25, 0.3) is 21.0 Å². The van der Waals surface area contributed by atoms with E-state index in [0.717, 1.165) is 21.0 Å². The standard InChI is InChI=1S/C19H12ClFN2OS/c1-23(15-9-5-3-7-13(15)21)19(24)16-10-12-17(25-16)11-6-2-4-8-14(11)22-18(12)20/h2-10H,1H3. The molecule has 0 atom stereocenters. The molecule has 0 fully saturated rings. The van der Waals surface area contributed by atoms with Gasteiger partial charge in [-0.15, -0.1) is 11.3 Å². The van der Waals surface area contributed by atoms with Gasteiger partial charge in [0.2, 0.25) is 0 Å². The first-order valence-electron chi connectivity index (χ1n) is 7.56. The molecule has 2 aromatic carbocycles. The van der Waals surface area contributed by atoms with Gasteiger partial charge >= 0.3 is 0 Å². The average molecular weight is 371 g/mol. The number of aromatic nitrogens is 1. The Balaban J connectivity index is 1.84. The Morgan fingerprint density at radius 3 is 2.64 bits per heavy atom. The molecule has 2 aromatic heterocycles. The van der Waals surface area contributed by atoms with Crippen molar-refractivity contribution in [1.82, 2.24) is 4.98 Å². The maximum atomic E-state index is 14.0. The fourth-order valence-corrected chi connectivity index (χ4v) is 4.24. The summed E-state index contributed by atoms with van der Waals surface area (Å²) in [6, 6.07) is 15.6. The van der Waals surface area contributed by atoms with Crippen LogP contribution in [-0.2, 0) is 0 Å². The fraction of sp³-hybridized carbons (Fsp3) is 0.0526. The lowest BCUT2D eigenvalue weighted by molar-refractivity contribution is 0.0996. The number of fused-ring (bicyclic) bond motifs is 3. The van der Waals surface area contributed by atoms with E-state index in [9.17, 15) is 9.18 Å². The highest BCUT2D eigenvalue weighted by Crippen LogP contribution is 2.36. The molecule has 0 aliphatic rings. The average Bonchev–Trinajstić information content (AvgIpc) is 3.07. The Hall–Kier alpha value is -2.50. The van der Waals surface area contributed by atoms with Gasteiger partial charge in [-0.25, -0.2) is 9.37 Å². The van der Waals surface area contributed by atoms with Crippen molar-refractivity contribution < 1.29 is 9.18 Å². The van der Waals surface area contributed by atoms with E-state index in [4.69, 9.17) is 11.6 Å². The Labute approximate surface area is 152 Å². The van der Waals surface area contributed by atoms with E-state index < -0.39 is 5.82 Å². The zero-order valence-corrected chi connectivity index (χ0v) is 14.7. The van der Waals surface area contributed by atoms with E-state index in [1.807, 2.05) is 24.3 Å². The molecule has 4 aromatic rings. The SMILES string of the molecule is CN(C(=O)c1cc2c(Cl)nc3ccccc3c2s1)c1ccccc1F. The number of halogens is 2. The van der Waals surface area contributed by atoms with Gasteiger partial charge in [-0.3, -0.25) is 4.79 Å². The van der Waals surface area contributed by atoms with Gasteiger partial charge in [-0.05, 0) is 24.3 Å². The molecule has 1 amide bonds. The van der Waals surface area contributed by atoms with Crippen molar-refractivity contribution in [2.45, 2.75) is 0 Å². The van der Waals surface area contributed by atoms with Gasteiger partial charge < -0.3 is 4.90 Å². The summed E-state index contributed by atoms with van der Waals surface area (Å²) in [5.41, 5.74) is 1.02. The van der Waals surface area contributed by atoms with Gasteiger partial charge in [0.15, 0.2) is 0 Å². The van der Waals surface area contributed by atoms with Crippen LogP contribution in [0.2, 0.25) is 5.15 Å². The predicted octanol–water partition coefficient (Wildman–Crippen LogP) is 5.52. The first-order valence-corrected chi connectivity index (χ1v) is 8.76. The number of nitrogens with zero attached hydrogens (tertiary/aromatic N) is 2. The molecule has 0 saturated heterocycles. The molecule has 0 unspecified atom stereocenters. The van der Waals surface area contributed by atoms with E-state index >= 15 is 0 Å². The summed E-state index contributed by atoms with van der Waals surface area (Å²) in [5.74, 6) is -0.726. The molecule has 0 radical (unpaired) electrons. The van der Waals surface area contributed by atoms with Crippen molar-refractivity contribution in [3.8, 4) is 0 Å². The minimum atomic E-state index is -0.440. The smallest absolute Gasteiger partial charge is 0.268 e. The first kappa shape index (κ1) is 16.0. The third-order valence-electron chi connectivity index (χ3n) is 4.05. The third-order valence-corrected chi connectivity index (χ3v) is 5.50. The van der Waals surface area contributed by atoms with E-state index in [1.54, 1.807) is 31.3 Å². The molecule has 0 saturated carbocycles. The van der Waals surface area contributed by atoms with Gasteiger partial charge in [-0.2, -0.15) is 0 Å². The molecule has 6 heteroatoms. The maximum absolute atomic E-state index is 14.0. The topological polar surface area (TPSA) is 33.2 Å². The van der Waals surface area contributed by atoms with Crippen LogP contribution in [0.15, 0.2) is 54.6 Å². The van der Waals surface area contributed by atoms with Crippen molar-refractivity contribution >= 4 is 55.5 Å². The number of carbonyl (C=O) groups is 1. The minimum absolute atomic E-state index is 0.235. The van der Waals surface area contributed by atoms with Crippen LogP contribution < -0.4 is 4.90 Å². The highest BCUT2D eigenvalue weighted by atomic mass is 35.5. The van der Waals surface area contributed by atoms with Crippen LogP contribution in [0.3, 0.4) is 0 Å². The molecule has 4 rings (SSSR count). The van der Waals surface area contributed by atoms with Gasteiger partial charge in [0.05, 0.1) is 16.1 Å². The summed E-state index contributed by atoms with van der Waals surface area (Å²) in [6.45, 7) is 0. The quantitative estimate of drug-likeness (QED) is 0.435. The molecule has 0 aliphatic heterocycles. The van der Waals surface area contributed by atoms with E-state index in [0.29, 0.717) is 10.0 Å². The predicted molar refractivity (Wildman–Crippen MR) is 101 cm³/mol. The largest absolute Gasteiger partial charge is 0.308 e. The van der Waals surface area contributed by atoms with Crippen LogP contribution in [0.5, 0.6) is 0 Å². The molecule has 2 heterocycles. The van der Waals surface area contributed by atoms with E-state index in [2.05, 4.69) is 4.98 Å². The van der Waals surface area contributed by atoms with Crippen LogP contribution in [0.4, 0.5) is 10.1 Å². The van der Waals surface area contributed by atoms with Crippen molar-refractivity contribution in [2.75, 3.05) is 11.9 Å². The molecule has 0 bridgehead atoms. The Morgan fingerprint density at radius 1 is 1.12 bits per heavy atom. The molecular weight excluding hydrogens is 359 g/mol. The van der Waals surface area contributed by atoms with Crippen LogP contribution in [0.1, 0.15) is 9.67 Å². The number of para-hydroxylation sites is 2. The molecule has 3 nitrogen and oxygen atoms in total. The molecule has 25 heavy (non-hydrogen) atoms. The summed E-state index contributed by atoms with van der Waals surface area (Å²) >= 11 is 7.63. The van der Waals surface area contributed by atoms with E-state index in [1.165, 1.54) is 22.3 Å². The Morgan fingerprint density at radius 2 is 1.84 bits per heavy atom. The fourth-order valence-electron chi connectivity index (χ4n) is 2.78. The van der Waals surface area contributed by atoms with Crippen LogP contribution >= 0.6 is 22.9 Å². The number of pyridine rings is 1. The van der Waals surface area contributed by atoms with Gasteiger partial charge in [0.1, 0.15) is 11.0 Å². The van der Waals surface area contributed by atoms with Crippen molar-refractivity contribution in [1.29, 1.82) is 0 Å². The lowest BCUT2D eigenvalue weighted by atomic mass is 10.2. The molecule has 0 N–H and O–H groups in total. The number of rotatable bonds is 2. The summed E-state index contributed by atoms with van der Waals surface area (Å²) in [5, 5.41) is 2.03. The summed E-state index contributed by atoms with van der Waals surface area (Å²) in [7, 11) is 1.56. The Bertz CT molecular complexity index is 1130. The summed E-state index contributed by atoms with van der Waals surface area (Å²) < 4.78 is 14.9. The number of anilines is 1. The van der Waals surface area contributed by atoms with Gasteiger partial charge in [-0.1, -0.05) is 41.9 Å². The Kier molecular flexibility index (Phi) is 3.90. The lowest BCUT2D eigenvalue weighted by Crippen LogP contribution is -2.26. The number of hydrogen-bond donors (Lipinski definition) is 0. The van der Waals surface area contributed by atoms with Gasteiger partial charge in [0.25, 0.3) is 5.91 Å². The first-order chi connectivity index (χ1) is 12.1. The van der Waals surface area contributed by atoms with Crippen molar-refractivity contribution in [3.63, 3.8) is 0 Å². The minimum Gasteiger partial charge on any atom is -0.308 e. The van der Waals surface area contributed by atoms with Crippen LogP contribution in [0, 0.1) is 5.82 Å². The second kappa shape index (κ2) is 6.10. The molecular formula is C19H12ClFN2OS.